The van der Waals surface area contributed by atoms with E-state index in [0.29, 0.717) is 22.8 Å². The number of H-pyrrole nitrogens is 2. The lowest BCUT2D eigenvalue weighted by molar-refractivity contribution is 0.496. The van der Waals surface area contributed by atoms with Crippen LogP contribution in [-0.2, 0) is 10.1 Å². The third-order valence-corrected chi connectivity index (χ3v) is 4.40. The van der Waals surface area contributed by atoms with E-state index in [1.54, 1.807) is 54.6 Å². The lowest BCUT2D eigenvalue weighted by atomic mass is 10.1. The number of benzene rings is 2. The highest BCUT2D eigenvalue weighted by Crippen LogP contribution is 2.22. The molecule has 0 radical (unpaired) electrons. The molecule has 142 valence electrons. The fraction of sp³-hybridized carbons (Fsp3) is 0. The molecule has 0 fully saturated rings. The summed E-state index contributed by atoms with van der Waals surface area (Å²) in [6.45, 7) is 0. The van der Waals surface area contributed by atoms with Gasteiger partial charge in [-0.25, -0.2) is 9.97 Å². The van der Waals surface area contributed by atoms with Crippen molar-refractivity contribution in [3.05, 3.63) is 84.4 Å². The van der Waals surface area contributed by atoms with E-state index in [2.05, 4.69) is 30.4 Å². The Morgan fingerprint density at radius 1 is 0.821 bits per heavy atom. The first-order chi connectivity index (χ1) is 13.5. The van der Waals surface area contributed by atoms with Crippen molar-refractivity contribution in [1.82, 2.24) is 30.4 Å². The molecule has 10 heteroatoms. The summed E-state index contributed by atoms with van der Waals surface area (Å²) in [4.78, 5) is 7.61. The fourth-order valence-electron chi connectivity index (χ4n) is 2.25. The van der Waals surface area contributed by atoms with Gasteiger partial charge in [0.1, 0.15) is 17.6 Å². The molecule has 0 bridgehead atoms. The van der Waals surface area contributed by atoms with Crippen LogP contribution in [0.1, 0.15) is 11.1 Å². The molecule has 4 aromatic rings. The first-order valence-electron chi connectivity index (χ1n) is 8.05. The van der Waals surface area contributed by atoms with E-state index in [9.17, 15) is 13.0 Å². The molecule has 0 saturated heterocycles. The first kappa shape index (κ1) is 19.1. The van der Waals surface area contributed by atoms with Crippen molar-refractivity contribution < 1.29 is 13.0 Å². The van der Waals surface area contributed by atoms with E-state index in [4.69, 9.17) is 0 Å². The minimum atomic E-state index is -4.26. The van der Waals surface area contributed by atoms with Crippen LogP contribution in [0.2, 0.25) is 0 Å². The molecule has 0 amide bonds. The molecule has 0 saturated carbocycles. The number of aromatic nitrogens is 6. The number of hydrogen-bond acceptors (Lipinski definition) is 6. The van der Waals surface area contributed by atoms with Gasteiger partial charge in [0, 0.05) is 0 Å². The molecular formula is C18H16N6O3S. The monoisotopic (exact) mass is 396 g/mol. The summed E-state index contributed by atoms with van der Waals surface area (Å²) in [6, 6.07) is 17.5. The molecule has 0 aliphatic rings. The zero-order chi connectivity index (χ0) is 19.8. The molecule has 4 rings (SSSR count). The summed E-state index contributed by atoms with van der Waals surface area (Å²) < 4.78 is 32.1. The van der Waals surface area contributed by atoms with E-state index >= 15 is 0 Å². The van der Waals surface area contributed by atoms with Crippen molar-refractivity contribution in [1.29, 1.82) is 0 Å². The predicted molar refractivity (Wildman–Crippen MR) is 104 cm³/mol. The highest BCUT2D eigenvalue weighted by molar-refractivity contribution is 7.95. The van der Waals surface area contributed by atoms with E-state index in [1.807, 2.05) is 6.07 Å². The fourth-order valence-corrected chi connectivity index (χ4v) is 2.97. The largest absolute Gasteiger partial charge is 0.295 e. The second-order valence-electron chi connectivity index (χ2n) is 5.43. The van der Waals surface area contributed by atoms with Gasteiger partial charge < -0.3 is 0 Å². The Hall–Kier alpha value is -3.63. The summed E-state index contributed by atoms with van der Waals surface area (Å²) >= 11 is 0. The van der Waals surface area contributed by atoms with Crippen molar-refractivity contribution in [2.75, 3.05) is 0 Å². The molecule has 2 heterocycles. The van der Waals surface area contributed by atoms with Gasteiger partial charge >= 0.3 is 0 Å². The second kappa shape index (κ2) is 8.84. The van der Waals surface area contributed by atoms with Gasteiger partial charge in [-0.15, -0.1) is 0 Å². The Kier molecular flexibility index (Phi) is 6.04. The van der Waals surface area contributed by atoms with Crippen LogP contribution in [0.25, 0.3) is 22.6 Å². The average molecular weight is 396 g/mol. The number of rotatable bonds is 4. The third kappa shape index (κ3) is 5.19. The van der Waals surface area contributed by atoms with Crippen molar-refractivity contribution >= 4 is 21.1 Å². The summed E-state index contributed by atoms with van der Waals surface area (Å²) in [7, 11) is -4.26. The normalized spacial score (nSPS) is 11.5. The van der Waals surface area contributed by atoms with Gasteiger partial charge in [-0.05, 0) is 17.2 Å². The minimum Gasteiger partial charge on any atom is -0.282 e. The standard InChI is InChI=1S/C14H12O3S.C4H4N6/c15-18(16,17)14(13-9-5-2-6-10-13)11-12-7-3-1-4-8-12;1-5-3(9-7-1)4-6-2-8-10-4/h1-11H,(H,15,16,17);1-2H,(H,5,7,9)(H,6,8,10). The molecular weight excluding hydrogens is 380 g/mol. The number of hydrogen-bond donors (Lipinski definition) is 3. The molecule has 0 aliphatic heterocycles. The SMILES string of the molecule is O=S(=O)(O)C(=Cc1ccccc1)c1ccccc1.c1n[nH]c(-c2ncn[nH]2)n1. The van der Waals surface area contributed by atoms with Crippen LogP contribution in [0.15, 0.2) is 73.3 Å². The molecule has 0 spiro atoms. The van der Waals surface area contributed by atoms with Gasteiger partial charge in [-0.2, -0.15) is 18.6 Å². The van der Waals surface area contributed by atoms with Gasteiger partial charge in [0.15, 0.2) is 11.6 Å². The number of aromatic amines is 2. The predicted octanol–water partition coefficient (Wildman–Crippen LogP) is 2.66. The lowest BCUT2D eigenvalue weighted by Crippen LogP contribution is -2.00. The van der Waals surface area contributed by atoms with Gasteiger partial charge in [0.2, 0.25) is 0 Å². The quantitative estimate of drug-likeness (QED) is 0.356. The molecule has 0 atom stereocenters. The van der Waals surface area contributed by atoms with Crippen LogP contribution in [0.5, 0.6) is 0 Å². The molecule has 28 heavy (non-hydrogen) atoms. The Bertz CT molecular complexity index is 1080. The zero-order valence-electron chi connectivity index (χ0n) is 14.5. The molecule has 0 aliphatic carbocycles. The van der Waals surface area contributed by atoms with E-state index in [0.717, 1.165) is 0 Å². The van der Waals surface area contributed by atoms with Crippen LogP contribution in [0.4, 0.5) is 0 Å². The Morgan fingerprint density at radius 2 is 1.32 bits per heavy atom. The topological polar surface area (TPSA) is 138 Å². The maximum Gasteiger partial charge on any atom is 0.295 e. The van der Waals surface area contributed by atoms with E-state index < -0.39 is 10.1 Å². The first-order valence-corrected chi connectivity index (χ1v) is 9.49. The van der Waals surface area contributed by atoms with Crippen LogP contribution >= 0.6 is 0 Å². The smallest absolute Gasteiger partial charge is 0.282 e. The molecule has 0 unspecified atom stereocenters. The Morgan fingerprint density at radius 3 is 1.75 bits per heavy atom. The number of nitrogens with zero attached hydrogens (tertiary/aromatic N) is 4. The van der Waals surface area contributed by atoms with Gasteiger partial charge in [-0.3, -0.25) is 14.8 Å². The molecule has 9 nitrogen and oxygen atoms in total. The Balaban J connectivity index is 0.000000188. The van der Waals surface area contributed by atoms with Crippen LogP contribution in [0.3, 0.4) is 0 Å². The molecule has 2 aromatic heterocycles. The highest BCUT2D eigenvalue weighted by Gasteiger charge is 2.15. The van der Waals surface area contributed by atoms with E-state index in [1.165, 1.54) is 18.7 Å². The highest BCUT2D eigenvalue weighted by atomic mass is 32.2. The van der Waals surface area contributed by atoms with Crippen molar-refractivity contribution in [2.24, 2.45) is 0 Å². The summed E-state index contributed by atoms with van der Waals surface area (Å²) in [5, 5.41) is 12.6. The molecule has 2 aromatic carbocycles. The summed E-state index contributed by atoms with van der Waals surface area (Å²) in [5.41, 5.74) is 1.18. The van der Waals surface area contributed by atoms with Crippen molar-refractivity contribution in [3.63, 3.8) is 0 Å². The third-order valence-electron chi connectivity index (χ3n) is 3.49. The summed E-state index contributed by atoms with van der Waals surface area (Å²) in [6.07, 6.45) is 4.28. The maximum atomic E-state index is 11.4. The van der Waals surface area contributed by atoms with Crippen molar-refractivity contribution in [2.45, 2.75) is 0 Å². The second-order valence-corrected chi connectivity index (χ2v) is 6.82. The number of nitrogens with one attached hydrogen (secondary N) is 2. The van der Waals surface area contributed by atoms with Crippen LogP contribution < -0.4 is 0 Å². The van der Waals surface area contributed by atoms with Crippen LogP contribution in [0, 0.1) is 0 Å². The van der Waals surface area contributed by atoms with Crippen LogP contribution in [-0.4, -0.2) is 43.3 Å². The Labute approximate surface area is 161 Å². The lowest BCUT2D eigenvalue weighted by Gasteiger charge is -2.04. The maximum absolute atomic E-state index is 11.4. The van der Waals surface area contributed by atoms with Crippen molar-refractivity contribution in [3.8, 4) is 11.6 Å². The van der Waals surface area contributed by atoms with E-state index in [-0.39, 0.29) is 4.91 Å². The average Bonchev–Trinajstić information content (AvgIpc) is 3.40. The van der Waals surface area contributed by atoms with Gasteiger partial charge in [-0.1, -0.05) is 60.7 Å². The summed E-state index contributed by atoms with van der Waals surface area (Å²) in [5.74, 6) is 1.19. The van der Waals surface area contributed by atoms with Gasteiger partial charge in [0.05, 0.1) is 0 Å². The van der Waals surface area contributed by atoms with Gasteiger partial charge in [0.25, 0.3) is 10.1 Å². The minimum absolute atomic E-state index is 0.102. The zero-order valence-corrected chi connectivity index (χ0v) is 15.3. The molecule has 3 N–H and O–H groups in total.